The predicted molar refractivity (Wildman–Crippen MR) is 95.2 cm³/mol. The third kappa shape index (κ3) is 3.30. The molecule has 0 heterocycles. The molecule has 2 aromatic carbocycles. The van der Waals surface area contributed by atoms with Crippen molar-refractivity contribution in [3.63, 3.8) is 0 Å². The van der Waals surface area contributed by atoms with Crippen LogP contribution in [0.15, 0.2) is 30.3 Å². The number of aliphatic hydroxyl groups excluding tert-OH is 2. The number of ether oxygens (including phenoxy) is 2. The Morgan fingerprint density at radius 1 is 0.840 bits per heavy atom. The Hall–Kier alpha value is -2.24. The summed E-state index contributed by atoms with van der Waals surface area (Å²) in [6.07, 6.45) is 1.26. The highest BCUT2D eigenvalue weighted by molar-refractivity contribution is 5.75. The van der Waals surface area contributed by atoms with Gasteiger partial charge in [-0.3, -0.25) is 0 Å². The molecule has 0 fully saturated rings. The van der Waals surface area contributed by atoms with Gasteiger partial charge in [-0.1, -0.05) is 6.07 Å². The first-order valence-electron chi connectivity index (χ1n) is 8.40. The van der Waals surface area contributed by atoms with Crippen molar-refractivity contribution < 1.29 is 24.8 Å². The number of rotatable bonds is 4. The first-order chi connectivity index (χ1) is 12.1. The van der Waals surface area contributed by atoms with E-state index < -0.39 is 0 Å². The number of fused-ring (bicyclic) bond motifs is 3. The summed E-state index contributed by atoms with van der Waals surface area (Å²) in [5, 5.41) is 29.6. The molecule has 0 spiro atoms. The molecule has 3 rings (SSSR count). The van der Waals surface area contributed by atoms with E-state index in [2.05, 4.69) is 0 Å². The van der Waals surface area contributed by atoms with Crippen LogP contribution in [0.4, 0.5) is 0 Å². The molecule has 0 saturated heterocycles. The maximum absolute atomic E-state index is 9.98. The number of aliphatic hydroxyl groups is 2. The number of phenols is 1. The molecule has 3 N–H and O–H groups in total. The van der Waals surface area contributed by atoms with Crippen molar-refractivity contribution in [3.8, 4) is 28.4 Å². The first kappa shape index (κ1) is 17.6. The molecule has 5 nitrogen and oxygen atoms in total. The molecule has 0 saturated carbocycles. The van der Waals surface area contributed by atoms with E-state index in [4.69, 9.17) is 9.47 Å². The van der Waals surface area contributed by atoms with Crippen molar-refractivity contribution in [1.82, 2.24) is 0 Å². The van der Waals surface area contributed by atoms with Crippen LogP contribution in [0.3, 0.4) is 0 Å². The fourth-order valence-electron chi connectivity index (χ4n) is 3.66. The number of aromatic hydroxyl groups is 1. The minimum absolute atomic E-state index is 0.00638. The van der Waals surface area contributed by atoms with Crippen molar-refractivity contribution in [3.05, 3.63) is 41.5 Å². The summed E-state index contributed by atoms with van der Waals surface area (Å²) < 4.78 is 10.9. The van der Waals surface area contributed by atoms with Gasteiger partial charge >= 0.3 is 0 Å². The van der Waals surface area contributed by atoms with Gasteiger partial charge in [0, 0.05) is 13.2 Å². The monoisotopic (exact) mass is 344 g/mol. The van der Waals surface area contributed by atoms with Gasteiger partial charge in [0.2, 0.25) is 0 Å². The number of hydrogen-bond acceptors (Lipinski definition) is 5. The Balaban J connectivity index is 2.24. The number of phenolic OH excluding ortho intramolecular Hbond substituents is 1. The lowest BCUT2D eigenvalue weighted by atomic mass is 9.77. The second kappa shape index (κ2) is 7.33. The number of methoxy groups -OCH3 is 2. The summed E-state index contributed by atoms with van der Waals surface area (Å²) in [4.78, 5) is 0. The van der Waals surface area contributed by atoms with Gasteiger partial charge in [-0.15, -0.1) is 0 Å². The minimum atomic E-state index is -0.0520. The zero-order valence-corrected chi connectivity index (χ0v) is 14.5. The number of benzene rings is 2. The molecule has 0 aliphatic heterocycles. The van der Waals surface area contributed by atoms with Crippen LogP contribution in [0.1, 0.15) is 11.1 Å². The molecule has 0 radical (unpaired) electrons. The minimum Gasteiger partial charge on any atom is -0.508 e. The second-order valence-corrected chi connectivity index (χ2v) is 6.50. The van der Waals surface area contributed by atoms with Gasteiger partial charge in [-0.05, 0) is 71.2 Å². The molecule has 1 aliphatic carbocycles. The number of hydrogen-bond donors (Lipinski definition) is 3. The zero-order chi connectivity index (χ0) is 18.0. The van der Waals surface area contributed by atoms with E-state index in [1.165, 1.54) is 0 Å². The van der Waals surface area contributed by atoms with E-state index in [1.54, 1.807) is 26.4 Å². The van der Waals surface area contributed by atoms with Crippen molar-refractivity contribution in [2.75, 3.05) is 27.4 Å². The summed E-state index contributed by atoms with van der Waals surface area (Å²) in [6.45, 7) is 0.0145. The fraction of sp³-hybridized carbons (Fsp3) is 0.400. The molecule has 0 unspecified atom stereocenters. The zero-order valence-electron chi connectivity index (χ0n) is 14.5. The Bertz CT molecular complexity index is 756. The van der Waals surface area contributed by atoms with Crippen LogP contribution in [0, 0.1) is 11.8 Å². The summed E-state index contributed by atoms with van der Waals surface area (Å²) in [6, 6.07) is 9.12. The largest absolute Gasteiger partial charge is 0.508 e. The van der Waals surface area contributed by atoms with Gasteiger partial charge < -0.3 is 24.8 Å². The van der Waals surface area contributed by atoms with Crippen LogP contribution < -0.4 is 9.47 Å². The highest BCUT2D eigenvalue weighted by Gasteiger charge is 2.28. The molecule has 2 aromatic rings. The van der Waals surface area contributed by atoms with E-state index in [9.17, 15) is 15.3 Å². The van der Waals surface area contributed by atoms with E-state index in [1.807, 2.05) is 18.2 Å². The van der Waals surface area contributed by atoms with Gasteiger partial charge in [-0.25, -0.2) is 0 Å². The van der Waals surface area contributed by atoms with E-state index in [0.29, 0.717) is 24.3 Å². The molecule has 2 atom stereocenters. The fourth-order valence-corrected chi connectivity index (χ4v) is 3.66. The van der Waals surface area contributed by atoms with Crippen LogP contribution in [-0.2, 0) is 12.8 Å². The van der Waals surface area contributed by atoms with Crippen molar-refractivity contribution in [2.45, 2.75) is 12.8 Å². The third-order valence-corrected chi connectivity index (χ3v) is 5.09. The summed E-state index contributed by atoms with van der Waals surface area (Å²) in [7, 11) is 3.18. The molecule has 5 heteroatoms. The summed E-state index contributed by atoms with van der Waals surface area (Å²) in [5.41, 5.74) is 3.91. The standard InChI is InChI=1S/C20H24O5/c1-24-19-7-13-6-15(11-22)14(10-21)5-12-3-4-16(23)8-17(12)18(13)9-20(19)25-2/h3-4,7-9,14-15,21-23H,5-6,10-11H2,1-2H3/t14-,15-/m0/s1. The summed E-state index contributed by atoms with van der Waals surface area (Å²) >= 11 is 0. The van der Waals surface area contributed by atoms with Crippen molar-refractivity contribution in [1.29, 1.82) is 0 Å². The third-order valence-electron chi connectivity index (χ3n) is 5.09. The average molecular weight is 344 g/mol. The second-order valence-electron chi connectivity index (χ2n) is 6.50. The predicted octanol–water partition coefficient (Wildman–Crippen LogP) is 2.39. The lowest BCUT2D eigenvalue weighted by Crippen LogP contribution is -2.27. The van der Waals surface area contributed by atoms with Gasteiger partial charge in [0.1, 0.15) is 5.75 Å². The topological polar surface area (TPSA) is 79.2 Å². The lowest BCUT2D eigenvalue weighted by molar-refractivity contribution is 0.119. The van der Waals surface area contributed by atoms with Gasteiger partial charge in [0.25, 0.3) is 0 Å². The smallest absolute Gasteiger partial charge is 0.161 e. The van der Waals surface area contributed by atoms with Crippen LogP contribution in [0.5, 0.6) is 17.2 Å². The quantitative estimate of drug-likeness (QED) is 0.794. The maximum atomic E-state index is 9.98. The van der Waals surface area contributed by atoms with Crippen molar-refractivity contribution in [2.24, 2.45) is 11.8 Å². The molecule has 0 amide bonds. The molecule has 1 aliphatic rings. The molecular weight excluding hydrogens is 320 g/mol. The maximum Gasteiger partial charge on any atom is 0.161 e. The van der Waals surface area contributed by atoms with E-state index in [0.717, 1.165) is 22.3 Å². The Morgan fingerprint density at radius 3 is 2.00 bits per heavy atom. The molecule has 25 heavy (non-hydrogen) atoms. The van der Waals surface area contributed by atoms with Crippen molar-refractivity contribution >= 4 is 0 Å². The highest BCUT2D eigenvalue weighted by atomic mass is 16.5. The average Bonchev–Trinajstić information content (AvgIpc) is 2.63. The van der Waals surface area contributed by atoms with E-state index >= 15 is 0 Å². The van der Waals surface area contributed by atoms with Crippen LogP contribution in [0.25, 0.3) is 11.1 Å². The highest BCUT2D eigenvalue weighted by Crippen LogP contribution is 2.42. The van der Waals surface area contributed by atoms with Crippen LogP contribution in [-0.4, -0.2) is 42.8 Å². The first-order valence-corrected chi connectivity index (χ1v) is 8.40. The Morgan fingerprint density at radius 2 is 1.40 bits per heavy atom. The van der Waals surface area contributed by atoms with Crippen LogP contribution >= 0.6 is 0 Å². The van der Waals surface area contributed by atoms with Gasteiger partial charge in [0.15, 0.2) is 11.5 Å². The summed E-state index contributed by atoms with van der Waals surface area (Å²) in [5.74, 6) is 1.34. The van der Waals surface area contributed by atoms with Crippen LogP contribution in [0.2, 0.25) is 0 Å². The molecule has 134 valence electrons. The van der Waals surface area contributed by atoms with Gasteiger partial charge in [-0.2, -0.15) is 0 Å². The molecule has 0 aromatic heterocycles. The van der Waals surface area contributed by atoms with E-state index in [-0.39, 0.29) is 30.8 Å². The normalized spacial score (nSPS) is 19.4. The lowest BCUT2D eigenvalue weighted by Gasteiger charge is -2.29. The molecular formula is C20H24O5. The Kier molecular flexibility index (Phi) is 5.16. The molecule has 0 bridgehead atoms. The Labute approximate surface area is 147 Å². The van der Waals surface area contributed by atoms with Gasteiger partial charge in [0.05, 0.1) is 14.2 Å². The SMILES string of the molecule is COc1cc2c(cc1OC)-c1cc(O)ccc1C[C@@H](CO)[C@H](CO)C2.